The molecule has 0 bridgehead atoms. The summed E-state index contributed by atoms with van der Waals surface area (Å²) in [4.78, 5) is 7.53. The maximum atomic E-state index is 12.7. The first-order valence-corrected chi connectivity index (χ1v) is 11.6. The molecule has 0 saturated carbocycles. The van der Waals surface area contributed by atoms with Gasteiger partial charge in [0.05, 0.1) is 39.9 Å². The first kappa shape index (κ1) is 19.7. The number of likely N-dealkylation sites (tertiary alicyclic amines) is 1. The fraction of sp³-hybridized carbons (Fsp3) is 0.381. The first-order valence-electron chi connectivity index (χ1n) is 9.56. The van der Waals surface area contributed by atoms with Gasteiger partial charge < -0.3 is 9.29 Å². The molecule has 1 fully saturated rings. The number of aromatic nitrogens is 1. The number of fused-ring (bicyclic) bond motifs is 1. The fourth-order valence-corrected chi connectivity index (χ4v) is 5.28. The van der Waals surface area contributed by atoms with Crippen LogP contribution in [0.3, 0.4) is 0 Å². The minimum absolute atomic E-state index is 0.188. The van der Waals surface area contributed by atoms with Crippen LogP contribution in [0.15, 0.2) is 52.9 Å². The highest BCUT2D eigenvalue weighted by atomic mass is 32.2. The number of pyridine rings is 1. The first-order chi connectivity index (χ1) is 13.6. The van der Waals surface area contributed by atoms with E-state index in [2.05, 4.69) is 26.7 Å². The summed E-state index contributed by atoms with van der Waals surface area (Å²) in [5, 5.41) is 2.01. The zero-order valence-electron chi connectivity index (χ0n) is 16.1. The summed E-state index contributed by atoms with van der Waals surface area (Å²) in [5.41, 5.74) is 2.23. The van der Waals surface area contributed by atoms with Crippen LogP contribution in [-0.2, 0) is 17.9 Å². The summed E-state index contributed by atoms with van der Waals surface area (Å²) in [5.74, 6) is 0.909. The maximum absolute atomic E-state index is 12.7. The van der Waals surface area contributed by atoms with Crippen LogP contribution in [-0.4, -0.2) is 39.7 Å². The highest BCUT2D eigenvalue weighted by Gasteiger charge is 2.27. The largest absolute Gasteiger partial charge is 0.593 e. The monoisotopic (exact) mass is 415 g/mol. The molecule has 1 aliphatic rings. The summed E-state index contributed by atoms with van der Waals surface area (Å²) in [6.45, 7) is 6.86. The number of benzene rings is 1. The number of thiophene rings is 1. The third kappa shape index (κ3) is 4.85. The van der Waals surface area contributed by atoms with Crippen molar-refractivity contribution in [3.63, 3.8) is 0 Å². The van der Waals surface area contributed by atoms with Crippen LogP contribution in [0.4, 0.5) is 0 Å². The van der Waals surface area contributed by atoms with Gasteiger partial charge in [-0.3, -0.25) is 9.88 Å². The van der Waals surface area contributed by atoms with E-state index in [0.717, 1.165) is 46.9 Å². The summed E-state index contributed by atoms with van der Waals surface area (Å²) in [6.07, 6.45) is 2.90. The second-order valence-electron chi connectivity index (χ2n) is 7.39. The van der Waals surface area contributed by atoms with Gasteiger partial charge in [0.15, 0.2) is 4.90 Å². The zero-order chi connectivity index (χ0) is 19.5. The van der Waals surface area contributed by atoms with Gasteiger partial charge in [0.25, 0.3) is 0 Å². The van der Waals surface area contributed by atoms with E-state index in [-0.39, 0.29) is 12.1 Å². The summed E-state index contributed by atoms with van der Waals surface area (Å²) in [7, 11) is 0. The Morgan fingerprint density at radius 1 is 1.32 bits per heavy atom. The third-order valence-corrected chi connectivity index (χ3v) is 6.79. The number of hydrogen-bond acceptors (Lipinski definition) is 6. The van der Waals surface area contributed by atoms with Crippen LogP contribution in [0.25, 0.3) is 10.2 Å². The molecule has 1 N–H and O–H groups in total. The van der Waals surface area contributed by atoms with Crippen LogP contribution in [0.2, 0.25) is 0 Å². The normalized spacial score (nSPS) is 18.8. The molecule has 1 unspecified atom stereocenters. The van der Waals surface area contributed by atoms with Crippen molar-refractivity contribution < 1.29 is 9.29 Å². The van der Waals surface area contributed by atoms with E-state index >= 15 is 0 Å². The molecule has 2 aromatic heterocycles. The molecule has 0 spiro atoms. The molecule has 3 aromatic rings. The van der Waals surface area contributed by atoms with E-state index in [1.807, 2.05) is 43.5 Å². The van der Waals surface area contributed by atoms with E-state index < -0.39 is 11.4 Å². The second-order valence-corrected chi connectivity index (χ2v) is 9.59. The Hall–Kier alpha value is -1.64. The van der Waals surface area contributed by atoms with E-state index in [9.17, 15) is 4.55 Å². The number of nitrogens with one attached hydrogen (secondary N) is 1. The number of rotatable bonds is 7. The molecule has 28 heavy (non-hydrogen) atoms. The average molecular weight is 416 g/mol. The quantitative estimate of drug-likeness (QED) is 0.592. The molecule has 0 aliphatic carbocycles. The number of nitrogens with zero attached hydrogens (tertiary/aromatic N) is 2. The Balaban J connectivity index is 1.30. The summed E-state index contributed by atoms with van der Waals surface area (Å²) in [6, 6.07) is 12.5. The van der Waals surface area contributed by atoms with Crippen molar-refractivity contribution in [2.45, 2.75) is 43.9 Å². The van der Waals surface area contributed by atoms with E-state index in [1.54, 1.807) is 17.5 Å². The van der Waals surface area contributed by atoms with Gasteiger partial charge in [0.1, 0.15) is 5.75 Å². The Morgan fingerprint density at radius 2 is 2.14 bits per heavy atom. The Bertz CT molecular complexity index is 913. The molecule has 148 valence electrons. The topological polar surface area (TPSA) is 60.5 Å². The average Bonchev–Trinajstić information content (AvgIpc) is 3.31. The standard InChI is InChI=1S/C21H25N3O2S2/c1-15(2)26-18-5-3-16(4-6-18)13-24-9-7-17(14-24)23-28(25)19-11-21-20(22-12-19)8-10-27-21/h3-6,8,10-12,15,17,23H,7,9,13-14H2,1-2H3/t17-,28?/m1/s1. The molecule has 3 heterocycles. The minimum Gasteiger partial charge on any atom is -0.593 e. The lowest BCUT2D eigenvalue weighted by atomic mass is 10.2. The number of hydrogen-bond donors (Lipinski definition) is 1. The van der Waals surface area contributed by atoms with Crippen molar-refractivity contribution in [2.24, 2.45) is 0 Å². The lowest BCUT2D eigenvalue weighted by molar-refractivity contribution is 0.242. The molecule has 1 aromatic carbocycles. The van der Waals surface area contributed by atoms with E-state index in [1.165, 1.54) is 5.56 Å². The Labute approximate surface area is 173 Å². The zero-order valence-corrected chi connectivity index (χ0v) is 17.8. The smallest absolute Gasteiger partial charge is 0.193 e. The van der Waals surface area contributed by atoms with Gasteiger partial charge in [-0.05, 0) is 49.4 Å². The molecule has 0 radical (unpaired) electrons. The SMILES string of the molecule is CC(C)Oc1ccc(CN2CC[C@@H](N[S+]([O-])c3cnc4ccsc4c3)C2)cc1. The van der Waals surface area contributed by atoms with Gasteiger partial charge in [-0.25, -0.2) is 0 Å². The lowest BCUT2D eigenvalue weighted by Crippen LogP contribution is -2.37. The van der Waals surface area contributed by atoms with Crippen LogP contribution in [0, 0.1) is 0 Å². The minimum atomic E-state index is -1.23. The van der Waals surface area contributed by atoms with Crippen molar-refractivity contribution in [3.8, 4) is 5.75 Å². The van der Waals surface area contributed by atoms with Gasteiger partial charge in [-0.2, -0.15) is 0 Å². The summed E-state index contributed by atoms with van der Waals surface area (Å²) >= 11 is 0.393. The Kier molecular flexibility index (Phi) is 6.18. The van der Waals surface area contributed by atoms with Crippen LogP contribution >= 0.6 is 11.3 Å². The van der Waals surface area contributed by atoms with Crippen molar-refractivity contribution in [1.82, 2.24) is 14.6 Å². The molecule has 2 atom stereocenters. The van der Waals surface area contributed by atoms with Crippen molar-refractivity contribution in [1.29, 1.82) is 0 Å². The molecule has 0 amide bonds. The van der Waals surface area contributed by atoms with Crippen molar-refractivity contribution in [3.05, 3.63) is 53.5 Å². The molecule has 7 heteroatoms. The van der Waals surface area contributed by atoms with Crippen LogP contribution in [0.5, 0.6) is 5.75 Å². The number of ether oxygens (including phenoxy) is 1. The maximum Gasteiger partial charge on any atom is 0.193 e. The van der Waals surface area contributed by atoms with Gasteiger partial charge in [-0.15, -0.1) is 16.1 Å². The highest BCUT2D eigenvalue weighted by Crippen LogP contribution is 2.23. The van der Waals surface area contributed by atoms with Crippen LogP contribution < -0.4 is 9.46 Å². The fourth-order valence-electron chi connectivity index (χ4n) is 3.43. The molecular formula is C21H25N3O2S2. The van der Waals surface area contributed by atoms with E-state index in [0.29, 0.717) is 0 Å². The second kappa shape index (κ2) is 8.80. The van der Waals surface area contributed by atoms with Crippen LogP contribution in [0.1, 0.15) is 25.8 Å². The summed E-state index contributed by atoms with van der Waals surface area (Å²) < 4.78 is 22.7. The van der Waals surface area contributed by atoms with Crippen molar-refractivity contribution >= 4 is 32.9 Å². The van der Waals surface area contributed by atoms with Crippen molar-refractivity contribution in [2.75, 3.05) is 13.1 Å². The Morgan fingerprint density at radius 3 is 2.93 bits per heavy atom. The lowest BCUT2D eigenvalue weighted by Gasteiger charge is -2.18. The molecular weight excluding hydrogens is 390 g/mol. The van der Waals surface area contributed by atoms with Gasteiger partial charge in [-0.1, -0.05) is 12.1 Å². The van der Waals surface area contributed by atoms with Gasteiger partial charge >= 0.3 is 0 Å². The molecule has 1 saturated heterocycles. The van der Waals surface area contributed by atoms with Gasteiger partial charge in [0, 0.05) is 25.7 Å². The van der Waals surface area contributed by atoms with E-state index in [4.69, 9.17) is 4.74 Å². The molecule has 5 nitrogen and oxygen atoms in total. The predicted octanol–water partition coefficient (Wildman–Crippen LogP) is 3.97. The van der Waals surface area contributed by atoms with Gasteiger partial charge in [0.2, 0.25) is 0 Å². The predicted molar refractivity (Wildman–Crippen MR) is 115 cm³/mol. The highest BCUT2D eigenvalue weighted by molar-refractivity contribution is 7.89. The molecule has 4 rings (SSSR count). The third-order valence-electron chi connectivity index (χ3n) is 4.74. The molecule has 1 aliphatic heterocycles.